The van der Waals surface area contributed by atoms with E-state index in [2.05, 4.69) is 4.98 Å². The van der Waals surface area contributed by atoms with Crippen LogP contribution < -0.4 is 4.90 Å². The van der Waals surface area contributed by atoms with Gasteiger partial charge in [0.1, 0.15) is 11.9 Å². The molecule has 2 saturated heterocycles. The quantitative estimate of drug-likeness (QED) is 0.802. The second-order valence-electron chi connectivity index (χ2n) is 6.69. The van der Waals surface area contributed by atoms with Gasteiger partial charge in [-0.05, 0) is 31.9 Å². The molecule has 1 atom stereocenters. The Hall–Kier alpha value is -1.71. The average Bonchev–Trinajstić information content (AvgIpc) is 2.93. The van der Waals surface area contributed by atoms with Crippen molar-refractivity contribution in [2.45, 2.75) is 31.8 Å². The van der Waals surface area contributed by atoms with Gasteiger partial charge in [-0.2, -0.15) is 17.0 Å². The van der Waals surface area contributed by atoms with Gasteiger partial charge in [-0.15, -0.1) is 0 Å². The van der Waals surface area contributed by atoms with Gasteiger partial charge in [-0.25, -0.2) is 9.78 Å². The molecular weight excluding hydrogens is 344 g/mol. The van der Waals surface area contributed by atoms with Crippen molar-refractivity contribution in [1.29, 1.82) is 0 Å². The van der Waals surface area contributed by atoms with E-state index >= 15 is 0 Å². The fraction of sp³-hybridized carbons (Fsp3) is 0.625. The molecule has 8 nitrogen and oxygen atoms in total. The first-order chi connectivity index (χ1) is 11.8. The molecule has 2 aliphatic heterocycles. The molecular formula is C16H24N4O4S. The number of aromatic nitrogens is 1. The van der Waals surface area contributed by atoms with Crippen molar-refractivity contribution in [3.63, 3.8) is 0 Å². The normalized spacial score (nSPS) is 23.3. The Morgan fingerprint density at radius 2 is 1.92 bits per heavy atom. The highest BCUT2D eigenvalue weighted by Gasteiger charge is 2.32. The van der Waals surface area contributed by atoms with E-state index in [9.17, 15) is 13.2 Å². The number of ether oxygens (including phenoxy) is 1. The molecule has 0 N–H and O–H groups in total. The predicted molar refractivity (Wildman–Crippen MR) is 93.7 cm³/mol. The Bertz CT molecular complexity index is 744. The summed E-state index contributed by atoms with van der Waals surface area (Å²) in [5, 5.41) is 0. The summed E-state index contributed by atoms with van der Waals surface area (Å²) in [4.78, 5) is 18.0. The predicted octanol–water partition coefficient (Wildman–Crippen LogP) is 1.41. The molecule has 2 fully saturated rings. The van der Waals surface area contributed by atoms with Crippen molar-refractivity contribution in [2.75, 3.05) is 38.6 Å². The molecule has 1 aromatic heterocycles. The fourth-order valence-corrected chi connectivity index (χ4v) is 4.36. The highest BCUT2D eigenvalue weighted by Crippen LogP contribution is 2.30. The molecule has 0 bridgehead atoms. The maximum Gasteiger partial charge on any atom is 0.415 e. The Balaban J connectivity index is 1.70. The van der Waals surface area contributed by atoms with E-state index in [1.165, 1.54) is 8.61 Å². The van der Waals surface area contributed by atoms with Crippen LogP contribution in [0.5, 0.6) is 0 Å². The zero-order valence-corrected chi connectivity index (χ0v) is 15.6. The molecule has 138 valence electrons. The van der Waals surface area contributed by atoms with Gasteiger partial charge >= 0.3 is 6.09 Å². The molecule has 0 aliphatic carbocycles. The molecule has 0 radical (unpaired) electrons. The standard InChI is InChI=1S/C16H24N4O4S/c1-12-11-20(16(21)24-12)15-6-4-5-14(17-15)13-7-9-19(10-8-13)25(22,23)18(2)3/h4-6,12-13H,7-11H2,1-3H3. The van der Waals surface area contributed by atoms with Crippen molar-refractivity contribution < 1.29 is 17.9 Å². The van der Waals surface area contributed by atoms with Crippen LogP contribution in [0.15, 0.2) is 18.2 Å². The van der Waals surface area contributed by atoms with Crippen LogP contribution in [-0.2, 0) is 14.9 Å². The number of anilines is 1. The summed E-state index contributed by atoms with van der Waals surface area (Å²) < 4.78 is 32.3. The Morgan fingerprint density at radius 3 is 2.48 bits per heavy atom. The van der Waals surface area contributed by atoms with Crippen molar-refractivity contribution in [3.05, 3.63) is 23.9 Å². The van der Waals surface area contributed by atoms with Crippen LogP contribution in [0.2, 0.25) is 0 Å². The Labute approximate surface area is 148 Å². The SMILES string of the molecule is CC1CN(c2cccc(C3CCN(S(=O)(=O)N(C)C)CC3)n2)C(=O)O1. The molecule has 0 aromatic carbocycles. The van der Waals surface area contributed by atoms with Crippen LogP contribution in [0.25, 0.3) is 0 Å². The molecule has 1 amide bonds. The third-order valence-electron chi connectivity index (χ3n) is 4.65. The average molecular weight is 368 g/mol. The van der Waals surface area contributed by atoms with Crippen LogP contribution >= 0.6 is 0 Å². The van der Waals surface area contributed by atoms with Crippen LogP contribution in [-0.4, -0.2) is 67.9 Å². The largest absolute Gasteiger partial charge is 0.444 e. The molecule has 25 heavy (non-hydrogen) atoms. The minimum atomic E-state index is -3.36. The zero-order chi connectivity index (χ0) is 18.2. The topological polar surface area (TPSA) is 83.1 Å². The summed E-state index contributed by atoms with van der Waals surface area (Å²) in [5.74, 6) is 0.778. The summed E-state index contributed by atoms with van der Waals surface area (Å²) in [7, 11) is -0.275. The number of rotatable bonds is 4. The maximum absolute atomic E-state index is 12.2. The number of carbonyl (C=O) groups excluding carboxylic acids is 1. The maximum atomic E-state index is 12.2. The number of hydrogen-bond donors (Lipinski definition) is 0. The van der Waals surface area contributed by atoms with E-state index < -0.39 is 10.2 Å². The van der Waals surface area contributed by atoms with Crippen LogP contribution in [0.3, 0.4) is 0 Å². The number of carbonyl (C=O) groups is 1. The molecule has 3 heterocycles. The van der Waals surface area contributed by atoms with Crippen molar-refractivity contribution in [1.82, 2.24) is 13.6 Å². The van der Waals surface area contributed by atoms with Gasteiger partial charge in [0, 0.05) is 38.8 Å². The smallest absolute Gasteiger partial charge is 0.415 e. The van der Waals surface area contributed by atoms with Crippen LogP contribution in [0.4, 0.5) is 10.6 Å². The number of nitrogens with zero attached hydrogens (tertiary/aromatic N) is 4. The van der Waals surface area contributed by atoms with E-state index in [1.807, 2.05) is 19.1 Å². The van der Waals surface area contributed by atoms with Crippen molar-refractivity contribution >= 4 is 22.1 Å². The van der Waals surface area contributed by atoms with Crippen molar-refractivity contribution in [3.8, 4) is 0 Å². The van der Waals surface area contributed by atoms with E-state index in [0.29, 0.717) is 38.3 Å². The number of hydrogen-bond acceptors (Lipinski definition) is 5. The summed E-state index contributed by atoms with van der Waals surface area (Å²) in [6.07, 6.45) is 0.913. The van der Waals surface area contributed by atoms with Gasteiger partial charge in [0.2, 0.25) is 0 Å². The monoisotopic (exact) mass is 368 g/mol. The van der Waals surface area contributed by atoms with Gasteiger partial charge in [0.15, 0.2) is 0 Å². The molecule has 1 unspecified atom stereocenters. The highest BCUT2D eigenvalue weighted by atomic mass is 32.2. The summed E-state index contributed by atoms with van der Waals surface area (Å²) in [6, 6.07) is 5.63. The summed E-state index contributed by atoms with van der Waals surface area (Å²) >= 11 is 0. The molecule has 1 aromatic rings. The van der Waals surface area contributed by atoms with Crippen molar-refractivity contribution in [2.24, 2.45) is 0 Å². The minimum absolute atomic E-state index is 0.141. The number of pyridine rings is 1. The van der Waals surface area contributed by atoms with E-state index in [4.69, 9.17) is 4.74 Å². The van der Waals surface area contributed by atoms with E-state index in [-0.39, 0.29) is 18.1 Å². The lowest BCUT2D eigenvalue weighted by Gasteiger charge is -2.32. The number of cyclic esters (lactones) is 1. The molecule has 2 aliphatic rings. The first kappa shape index (κ1) is 18.1. The number of amides is 1. The summed E-state index contributed by atoms with van der Waals surface area (Å²) in [6.45, 7) is 3.29. The molecule has 0 spiro atoms. The molecule has 0 saturated carbocycles. The van der Waals surface area contributed by atoms with Gasteiger partial charge in [-0.3, -0.25) is 4.90 Å². The van der Waals surface area contributed by atoms with Gasteiger partial charge in [0.05, 0.1) is 6.54 Å². The van der Waals surface area contributed by atoms with Crippen LogP contribution in [0.1, 0.15) is 31.4 Å². The third-order valence-corrected chi connectivity index (χ3v) is 6.60. The van der Waals surface area contributed by atoms with Crippen LogP contribution in [0, 0.1) is 0 Å². The molecule has 9 heteroatoms. The van der Waals surface area contributed by atoms with Gasteiger partial charge in [-0.1, -0.05) is 6.07 Å². The molecule has 3 rings (SSSR count). The van der Waals surface area contributed by atoms with Gasteiger partial charge in [0.25, 0.3) is 10.2 Å². The zero-order valence-electron chi connectivity index (χ0n) is 14.8. The second-order valence-corrected chi connectivity index (χ2v) is 8.83. The number of piperidine rings is 1. The first-order valence-electron chi connectivity index (χ1n) is 8.41. The third kappa shape index (κ3) is 3.63. The second kappa shape index (κ2) is 6.89. The Kier molecular flexibility index (Phi) is 4.99. The minimum Gasteiger partial charge on any atom is -0.444 e. The first-order valence-corrected chi connectivity index (χ1v) is 9.81. The Morgan fingerprint density at radius 1 is 1.24 bits per heavy atom. The highest BCUT2D eigenvalue weighted by molar-refractivity contribution is 7.86. The fourth-order valence-electron chi connectivity index (χ4n) is 3.22. The van der Waals surface area contributed by atoms with E-state index in [0.717, 1.165) is 5.69 Å². The lowest BCUT2D eigenvalue weighted by Crippen LogP contribution is -2.44. The van der Waals surface area contributed by atoms with E-state index in [1.54, 1.807) is 25.1 Å². The lowest BCUT2D eigenvalue weighted by atomic mass is 9.94. The summed E-state index contributed by atoms with van der Waals surface area (Å²) in [5.41, 5.74) is 0.895. The van der Waals surface area contributed by atoms with Gasteiger partial charge < -0.3 is 4.74 Å². The lowest BCUT2D eigenvalue weighted by molar-refractivity contribution is 0.150.